The Balaban J connectivity index is 1.57. The van der Waals surface area contributed by atoms with Crippen molar-refractivity contribution in [3.05, 3.63) is 70.3 Å². The molecule has 0 N–H and O–H groups in total. The predicted octanol–water partition coefficient (Wildman–Crippen LogP) is 4.50. The topological polar surface area (TPSA) is 70.9 Å². The van der Waals surface area contributed by atoms with Gasteiger partial charge >= 0.3 is 5.69 Å². The molecule has 2 aromatic carbocycles. The Kier molecular flexibility index (Phi) is 6.62. The first kappa shape index (κ1) is 26.5. The average molecular weight is 568 g/mol. The van der Waals surface area contributed by atoms with Crippen LogP contribution in [0.25, 0.3) is 27.7 Å². The SMILES string of the molecule is C=CC(=O)N1C[C@H](C)N(c2nc(=O)n3c4c(c(-c5ccc(F)cc5F)c(Cl)cc24)OC=C3CN2CCC2)C[C@H]1C. The number of hydrogen-bond acceptors (Lipinski definition) is 6. The van der Waals surface area contributed by atoms with Gasteiger partial charge in [-0.2, -0.15) is 4.98 Å². The number of amides is 1. The van der Waals surface area contributed by atoms with E-state index in [4.69, 9.17) is 16.3 Å². The average Bonchev–Trinajstić information content (AvgIpc) is 2.89. The number of likely N-dealkylation sites (tertiary alicyclic amines) is 1. The molecule has 2 saturated heterocycles. The van der Waals surface area contributed by atoms with Crippen molar-refractivity contribution in [2.75, 3.05) is 37.6 Å². The molecule has 11 heteroatoms. The quantitative estimate of drug-likeness (QED) is 0.423. The highest BCUT2D eigenvalue weighted by Crippen LogP contribution is 2.47. The van der Waals surface area contributed by atoms with Gasteiger partial charge in [0.25, 0.3) is 0 Å². The molecule has 3 aliphatic heterocycles. The van der Waals surface area contributed by atoms with E-state index in [0.29, 0.717) is 42.1 Å². The second-order valence-electron chi connectivity index (χ2n) is 10.5. The van der Waals surface area contributed by atoms with Crippen molar-refractivity contribution in [3.63, 3.8) is 0 Å². The summed E-state index contributed by atoms with van der Waals surface area (Å²) < 4.78 is 36.4. The van der Waals surface area contributed by atoms with Crippen molar-refractivity contribution in [1.29, 1.82) is 0 Å². The molecular formula is C29H28ClF2N5O3. The zero-order chi connectivity index (χ0) is 28.3. The lowest BCUT2D eigenvalue weighted by atomic mass is 9.99. The summed E-state index contributed by atoms with van der Waals surface area (Å²) in [6.45, 7) is 10.6. The molecule has 0 aliphatic carbocycles. The summed E-state index contributed by atoms with van der Waals surface area (Å²) in [6.07, 6.45) is 3.85. The van der Waals surface area contributed by atoms with E-state index in [1.54, 1.807) is 11.0 Å². The third kappa shape index (κ3) is 4.26. The maximum absolute atomic E-state index is 15.0. The van der Waals surface area contributed by atoms with Crippen molar-refractivity contribution < 1.29 is 18.3 Å². The van der Waals surface area contributed by atoms with Crippen molar-refractivity contribution in [3.8, 4) is 16.9 Å². The van der Waals surface area contributed by atoms with Gasteiger partial charge in [0.1, 0.15) is 29.2 Å². The number of carbonyl (C=O) groups is 1. The summed E-state index contributed by atoms with van der Waals surface area (Å²) in [5.41, 5.74) is 0.798. The van der Waals surface area contributed by atoms with Crippen molar-refractivity contribution in [1.82, 2.24) is 19.4 Å². The van der Waals surface area contributed by atoms with Crippen molar-refractivity contribution >= 4 is 39.9 Å². The van der Waals surface area contributed by atoms with E-state index in [9.17, 15) is 14.0 Å². The molecule has 1 aromatic heterocycles. The van der Waals surface area contributed by atoms with E-state index in [0.717, 1.165) is 31.6 Å². The predicted molar refractivity (Wildman–Crippen MR) is 151 cm³/mol. The minimum Gasteiger partial charge on any atom is -0.460 e. The summed E-state index contributed by atoms with van der Waals surface area (Å²) in [5.74, 6) is -1.08. The van der Waals surface area contributed by atoms with E-state index in [1.165, 1.54) is 23.0 Å². The van der Waals surface area contributed by atoms with Crippen molar-refractivity contribution in [2.45, 2.75) is 32.4 Å². The highest BCUT2D eigenvalue weighted by molar-refractivity contribution is 6.35. The molecule has 8 nitrogen and oxygen atoms in total. The van der Waals surface area contributed by atoms with Gasteiger partial charge in [0.2, 0.25) is 5.91 Å². The summed E-state index contributed by atoms with van der Waals surface area (Å²) >= 11 is 6.79. The molecule has 0 spiro atoms. The lowest BCUT2D eigenvalue weighted by molar-refractivity contribution is -0.128. The maximum atomic E-state index is 15.0. The van der Waals surface area contributed by atoms with Gasteiger partial charge in [-0.1, -0.05) is 18.2 Å². The molecular weight excluding hydrogens is 540 g/mol. The number of nitrogens with zero attached hydrogens (tertiary/aromatic N) is 5. The van der Waals surface area contributed by atoms with Crippen LogP contribution in [0.2, 0.25) is 5.02 Å². The Morgan fingerprint density at radius 1 is 1.20 bits per heavy atom. The lowest BCUT2D eigenvalue weighted by Crippen LogP contribution is -2.58. The Hall–Kier alpha value is -3.76. The van der Waals surface area contributed by atoms with E-state index in [-0.39, 0.29) is 39.9 Å². The Labute approximate surface area is 234 Å². The van der Waals surface area contributed by atoms with Gasteiger partial charge in [-0.25, -0.2) is 13.6 Å². The number of ether oxygens (including phenoxy) is 1. The van der Waals surface area contributed by atoms with Crippen LogP contribution >= 0.6 is 11.6 Å². The first-order valence-electron chi connectivity index (χ1n) is 13.2. The zero-order valence-electron chi connectivity index (χ0n) is 22.2. The third-order valence-corrected chi connectivity index (χ3v) is 8.21. The van der Waals surface area contributed by atoms with Crippen LogP contribution in [0.3, 0.4) is 0 Å². The van der Waals surface area contributed by atoms with Crippen LogP contribution in [-0.2, 0) is 4.79 Å². The zero-order valence-corrected chi connectivity index (χ0v) is 22.9. The number of halogens is 3. The number of piperazine rings is 1. The molecule has 40 heavy (non-hydrogen) atoms. The number of anilines is 1. The highest BCUT2D eigenvalue weighted by atomic mass is 35.5. The van der Waals surface area contributed by atoms with Gasteiger partial charge in [-0.05, 0) is 57.6 Å². The second kappa shape index (κ2) is 10.0. The van der Waals surface area contributed by atoms with Gasteiger partial charge in [-0.3, -0.25) is 14.3 Å². The first-order chi connectivity index (χ1) is 19.2. The maximum Gasteiger partial charge on any atom is 0.354 e. The smallest absolute Gasteiger partial charge is 0.354 e. The molecule has 0 radical (unpaired) electrons. The van der Waals surface area contributed by atoms with E-state index < -0.39 is 17.3 Å². The van der Waals surface area contributed by atoms with Gasteiger partial charge in [0.05, 0.1) is 10.7 Å². The summed E-state index contributed by atoms with van der Waals surface area (Å²) in [4.78, 5) is 36.6. The van der Waals surface area contributed by atoms with Crippen LogP contribution in [0, 0.1) is 11.6 Å². The molecule has 0 bridgehead atoms. The Bertz CT molecular complexity index is 1650. The Morgan fingerprint density at radius 3 is 2.65 bits per heavy atom. The fraction of sp³-hybridized carbons (Fsp3) is 0.345. The molecule has 3 aliphatic rings. The monoisotopic (exact) mass is 567 g/mol. The number of carbonyl (C=O) groups excluding carboxylic acids is 1. The largest absolute Gasteiger partial charge is 0.460 e. The van der Waals surface area contributed by atoms with E-state index in [1.807, 2.05) is 18.7 Å². The molecule has 0 saturated carbocycles. The normalized spacial score (nSPS) is 20.7. The van der Waals surface area contributed by atoms with E-state index >= 15 is 4.39 Å². The molecule has 6 rings (SSSR count). The number of benzene rings is 2. The van der Waals surface area contributed by atoms with Gasteiger partial charge in [-0.15, -0.1) is 0 Å². The molecule has 208 valence electrons. The molecule has 2 atom stereocenters. The summed E-state index contributed by atoms with van der Waals surface area (Å²) in [5, 5.41) is 0.727. The Morgan fingerprint density at radius 2 is 1.98 bits per heavy atom. The number of rotatable bonds is 5. The second-order valence-corrected chi connectivity index (χ2v) is 10.9. The number of aromatic nitrogens is 2. The molecule has 2 fully saturated rings. The summed E-state index contributed by atoms with van der Waals surface area (Å²) in [6, 6.07) is 4.55. The van der Waals surface area contributed by atoms with Gasteiger partial charge in [0.15, 0.2) is 5.75 Å². The van der Waals surface area contributed by atoms with Crippen LogP contribution in [0.5, 0.6) is 5.75 Å². The fourth-order valence-electron chi connectivity index (χ4n) is 5.75. The van der Waals surface area contributed by atoms with Crippen LogP contribution in [0.15, 0.2) is 48.0 Å². The highest BCUT2D eigenvalue weighted by Gasteiger charge is 2.35. The van der Waals surface area contributed by atoms with Crippen LogP contribution < -0.4 is 15.3 Å². The molecule has 1 amide bonds. The minimum atomic E-state index is -0.801. The van der Waals surface area contributed by atoms with Crippen LogP contribution in [0.1, 0.15) is 20.3 Å². The van der Waals surface area contributed by atoms with Gasteiger partial charge < -0.3 is 14.5 Å². The van der Waals surface area contributed by atoms with Crippen LogP contribution in [-0.4, -0.2) is 70.1 Å². The van der Waals surface area contributed by atoms with Crippen LogP contribution in [0.4, 0.5) is 14.6 Å². The third-order valence-electron chi connectivity index (χ3n) is 7.91. The lowest BCUT2D eigenvalue weighted by Gasteiger charge is -2.44. The minimum absolute atomic E-state index is 0.0544. The van der Waals surface area contributed by atoms with Gasteiger partial charge in [0, 0.05) is 54.3 Å². The summed E-state index contributed by atoms with van der Waals surface area (Å²) in [7, 11) is 0. The first-order valence-corrected chi connectivity index (χ1v) is 13.6. The molecule has 3 aromatic rings. The number of hydrogen-bond donors (Lipinski definition) is 0. The van der Waals surface area contributed by atoms with Crippen molar-refractivity contribution in [2.24, 2.45) is 0 Å². The standard InChI is InChI=1S/C29H28ClF2N5O3/c1-4-24(38)35-12-17(3)36(13-16(35)2)28-21-11-22(30)25(20-7-6-18(31)10-23(20)32)27-26(21)37(29(39)33-28)19(15-40-27)14-34-8-5-9-34/h4,6-7,10-11,15-17H,1,5,8-9,12-14H2,2-3H3/t16-,17+/m1/s1. The van der Waals surface area contributed by atoms with E-state index in [2.05, 4.69) is 16.5 Å². The molecule has 0 unspecified atom stereocenters. The fourth-order valence-corrected chi connectivity index (χ4v) is 6.05. The molecule has 4 heterocycles.